The Hall–Kier alpha value is -4.09. The van der Waals surface area contributed by atoms with Crippen molar-refractivity contribution in [1.29, 1.82) is 0 Å². The molecule has 2 aromatic heterocycles. The molecule has 186 valence electrons. The van der Waals surface area contributed by atoms with Gasteiger partial charge < -0.3 is 14.3 Å². The molecule has 11 heteroatoms. The van der Waals surface area contributed by atoms with Gasteiger partial charge in [-0.1, -0.05) is 41.1 Å². The van der Waals surface area contributed by atoms with Crippen LogP contribution in [0.25, 0.3) is 44.2 Å². The van der Waals surface area contributed by atoms with Crippen LogP contribution in [-0.2, 0) is 10.1 Å². The smallest absolute Gasteiger partial charge is 0.485 e. The van der Waals surface area contributed by atoms with E-state index >= 15 is 0 Å². The van der Waals surface area contributed by atoms with Gasteiger partial charge in [0.2, 0.25) is 5.69 Å². The van der Waals surface area contributed by atoms with Crippen molar-refractivity contribution >= 4 is 31.8 Å². The molecule has 0 aliphatic carbocycles. The summed E-state index contributed by atoms with van der Waals surface area (Å²) in [6.45, 7) is 0. The van der Waals surface area contributed by atoms with Crippen LogP contribution >= 0.6 is 0 Å². The first-order valence-electron chi connectivity index (χ1n) is 10.5. The third-order valence-corrected chi connectivity index (χ3v) is 6.09. The fourth-order valence-corrected chi connectivity index (χ4v) is 3.83. The van der Waals surface area contributed by atoms with Crippen LogP contribution in [0.2, 0.25) is 0 Å². The number of nitrogen functional groups attached to an aromatic ring is 1. The van der Waals surface area contributed by atoms with E-state index in [1.807, 2.05) is 42.6 Å². The molecule has 7 nitrogen and oxygen atoms in total. The Bertz CT molecular complexity index is 1650. The molecule has 5 aromatic rings. The van der Waals surface area contributed by atoms with Crippen molar-refractivity contribution in [2.45, 2.75) is 5.51 Å². The summed E-state index contributed by atoms with van der Waals surface area (Å²) in [7, 11) is -4.42. The van der Waals surface area contributed by atoms with Gasteiger partial charge in [-0.2, -0.15) is 13.2 Å². The van der Waals surface area contributed by atoms with Crippen molar-refractivity contribution in [1.82, 2.24) is 4.98 Å². The number of para-hydroxylation sites is 1. The van der Waals surface area contributed by atoms with E-state index in [0.29, 0.717) is 0 Å². The van der Waals surface area contributed by atoms with Crippen LogP contribution in [0.4, 0.5) is 13.2 Å². The molecule has 3 N–H and O–H groups in total. The van der Waals surface area contributed by atoms with Crippen molar-refractivity contribution < 1.29 is 35.6 Å². The van der Waals surface area contributed by atoms with Crippen LogP contribution in [0.15, 0.2) is 85.1 Å². The van der Waals surface area contributed by atoms with Gasteiger partial charge in [-0.05, 0) is 41.8 Å². The van der Waals surface area contributed by atoms with Gasteiger partial charge in [0.15, 0.2) is 10.1 Å². The third-order valence-electron chi connectivity index (χ3n) is 5.52. The van der Waals surface area contributed by atoms with Crippen molar-refractivity contribution in [3.8, 4) is 28.3 Å². The van der Waals surface area contributed by atoms with Gasteiger partial charge in [0.1, 0.15) is 5.75 Å². The average Bonchev–Trinajstić information content (AvgIpc) is 3.27. The van der Waals surface area contributed by atoms with Crippen LogP contribution in [0.5, 0.6) is 5.75 Å². The fraction of sp³-hybridized carbons (Fsp3) is 0.0800. The monoisotopic (exact) mass is 515 g/mol. The number of rotatable bonds is 3. The number of aromatic nitrogens is 2. The van der Waals surface area contributed by atoms with Crippen molar-refractivity contribution in [3.63, 3.8) is 0 Å². The molecular formula is C25H20F3N3O4S. The summed E-state index contributed by atoms with van der Waals surface area (Å²) >= 11 is 0. The molecule has 3 aromatic carbocycles. The molecular weight excluding hydrogens is 495 g/mol. The molecule has 0 spiro atoms. The number of H-pyrrole nitrogens is 1. The molecule has 0 aliphatic heterocycles. The minimum atomic E-state index is -6.09. The maximum atomic E-state index is 10.7. The second-order valence-corrected chi connectivity index (χ2v) is 9.08. The summed E-state index contributed by atoms with van der Waals surface area (Å²) in [4.78, 5) is 3.37. The zero-order valence-electron chi connectivity index (χ0n) is 18.8. The molecule has 0 bridgehead atoms. The molecule has 0 radical (unpaired) electrons. The van der Waals surface area contributed by atoms with Gasteiger partial charge >= 0.3 is 5.51 Å². The lowest BCUT2D eigenvalue weighted by Crippen LogP contribution is -2.48. The SMILES string of the molecule is COc1ccc(-c2cc3ccccc3c(-c3c[nH]c4ccccc34)[n+]2N)cc1.O=S(=O)([O-])C(F)(F)F. The molecule has 2 heterocycles. The van der Waals surface area contributed by atoms with Crippen LogP contribution in [0, 0.1) is 0 Å². The summed E-state index contributed by atoms with van der Waals surface area (Å²) < 4.78 is 66.0. The highest BCUT2D eigenvalue weighted by Gasteiger charge is 2.37. The maximum Gasteiger partial charge on any atom is 0.485 e. The number of halogens is 3. The van der Waals surface area contributed by atoms with Gasteiger partial charge in [0.05, 0.1) is 18.1 Å². The number of methoxy groups -OCH3 is 1. The molecule has 0 amide bonds. The Balaban J connectivity index is 0.000000331. The number of nitrogens with zero attached hydrogens (tertiary/aromatic N) is 1. The molecule has 0 fully saturated rings. The van der Waals surface area contributed by atoms with Gasteiger partial charge in [-0.3, -0.25) is 0 Å². The molecule has 5 rings (SSSR count). The minimum Gasteiger partial charge on any atom is -0.741 e. The Morgan fingerprint density at radius 1 is 0.944 bits per heavy atom. The van der Waals surface area contributed by atoms with E-state index in [9.17, 15) is 13.2 Å². The predicted molar refractivity (Wildman–Crippen MR) is 129 cm³/mol. The van der Waals surface area contributed by atoms with E-state index in [0.717, 1.165) is 49.9 Å². The van der Waals surface area contributed by atoms with Crippen molar-refractivity contribution in [2.24, 2.45) is 0 Å². The molecule has 0 saturated carbocycles. The van der Waals surface area contributed by atoms with E-state index in [4.69, 9.17) is 23.6 Å². The molecule has 0 atom stereocenters. The quantitative estimate of drug-likeness (QED) is 0.156. The topological polar surface area (TPSA) is 112 Å². The average molecular weight is 516 g/mol. The van der Waals surface area contributed by atoms with Gasteiger partial charge in [-0.15, -0.1) is 0 Å². The summed E-state index contributed by atoms with van der Waals surface area (Å²) in [6, 6.07) is 26.7. The lowest BCUT2D eigenvalue weighted by Gasteiger charge is -2.08. The van der Waals surface area contributed by atoms with Gasteiger partial charge in [0.25, 0.3) is 5.69 Å². The summed E-state index contributed by atoms with van der Waals surface area (Å²) in [5, 5.41) is 3.42. The highest BCUT2D eigenvalue weighted by Crippen LogP contribution is 2.33. The first-order chi connectivity index (χ1) is 17.0. The number of ether oxygens (including phenoxy) is 1. The largest absolute Gasteiger partial charge is 0.741 e. The highest BCUT2D eigenvalue weighted by atomic mass is 32.2. The number of alkyl halides is 3. The van der Waals surface area contributed by atoms with Crippen LogP contribution in [-0.4, -0.2) is 30.6 Å². The van der Waals surface area contributed by atoms with Gasteiger partial charge in [0, 0.05) is 28.7 Å². The molecule has 0 aliphatic rings. The number of benzene rings is 3. The normalized spacial score (nSPS) is 11.8. The summed E-state index contributed by atoms with van der Waals surface area (Å²) in [5.41, 5.74) is -0.494. The number of hydrogen-bond donors (Lipinski definition) is 2. The van der Waals surface area contributed by atoms with Crippen LogP contribution in [0.3, 0.4) is 0 Å². The van der Waals surface area contributed by atoms with E-state index in [1.54, 1.807) is 11.8 Å². The first-order valence-corrected chi connectivity index (χ1v) is 11.9. The molecule has 36 heavy (non-hydrogen) atoms. The van der Waals surface area contributed by atoms with E-state index in [-0.39, 0.29) is 0 Å². The van der Waals surface area contributed by atoms with E-state index < -0.39 is 15.6 Å². The standard InChI is InChI=1S/C24H19N3O.CHF3O3S/c1-28-18-12-10-16(11-13-18)23-14-17-6-2-3-7-19(17)24(27(23)25)21-15-26-22-9-5-4-8-20(21)22;2-1(3,4)8(5,6)7/h2-15H,25H2,1H3;(H,5,6,7). The van der Waals surface area contributed by atoms with Crippen molar-refractivity contribution in [3.05, 3.63) is 85.1 Å². The zero-order valence-corrected chi connectivity index (χ0v) is 19.6. The zero-order chi connectivity index (χ0) is 26.1. The minimum absolute atomic E-state index is 0.824. The molecule has 0 saturated heterocycles. The van der Waals surface area contributed by atoms with E-state index in [1.165, 1.54) is 0 Å². The Morgan fingerprint density at radius 3 is 2.14 bits per heavy atom. The Kier molecular flexibility index (Phi) is 6.61. The fourth-order valence-electron chi connectivity index (χ4n) is 3.83. The van der Waals surface area contributed by atoms with Crippen LogP contribution < -0.4 is 15.3 Å². The maximum absolute atomic E-state index is 10.7. The summed E-state index contributed by atoms with van der Waals surface area (Å²) in [5.74, 6) is 7.53. The number of hydrogen-bond acceptors (Lipinski definition) is 5. The number of aromatic amines is 1. The number of pyridine rings is 1. The highest BCUT2D eigenvalue weighted by molar-refractivity contribution is 7.86. The Morgan fingerprint density at radius 2 is 1.53 bits per heavy atom. The van der Waals surface area contributed by atoms with Crippen molar-refractivity contribution in [2.75, 3.05) is 13.0 Å². The second kappa shape index (κ2) is 9.51. The lowest BCUT2D eigenvalue weighted by atomic mass is 10.00. The number of nitrogens with one attached hydrogen (secondary N) is 1. The third kappa shape index (κ3) is 4.83. The number of nitrogens with two attached hydrogens (primary N) is 1. The second-order valence-electron chi connectivity index (χ2n) is 7.71. The van der Waals surface area contributed by atoms with E-state index in [2.05, 4.69) is 47.4 Å². The lowest BCUT2D eigenvalue weighted by molar-refractivity contribution is -0.614. The Labute approximate surface area is 204 Å². The molecule has 0 unspecified atom stereocenters. The van der Waals surface area contributed by atoms with Crippen LogP contribution in [0.1, 0.15) is 0 Å². The first kappa shape index (κ1) is 25.0. The summed E-state index contributed by atoms with van der Waals surface area (Å²) in [6.07, 6.45) is 2.04. The predicted octanol–water partition coefficient (Wildman–Crippen LogP) is 4.72. The number of fused-ring (bicyclic) bond motifs is 2. The van der Waals surface area contributed by atoms with Gasteiger partial charge in [-0.25, -0.2) is 14.3 Å².